The van der Waals surface area contributed by atoms with Gasteiger partial charge in [0.05, 0.1) is 16.3 Å². The Labute approximate surface area is 100 Å². The average Bonchev–Trinajstić information content (AvgIpc) is 2.08. The lowest BCUT2D eigenvalue weighted by atomic mass is 10.1. The van der Waals surface area contributed by atoms with E-state index in [1.807, 2.05) is 0 Å². The van der Waals surface area contributed by atoms with Crippen molar-refractivity contribution in [2.45, 2.75) is 6.10 Å². The molecule has 3 nitrogen and oxygen atoms in total. The standard InChI is InChI=1S/C9H9BrF2O3S/c1-16(14,15)4-9(13)5-2-6(10)8(12)3-7(5)11/h2-3,9,13H,4H2,1H3. The summed E-state index contributed by atoms with van der Waals surface area (Å²) >= 11 is 2.83. The van der Waals surface area contributed by atoms with Gasteiger partial charge in [-0.3, -0.25) is 0 Å². The first kappa shape index (κ1) is 13.5. The highest BCUT2D eigenvalue weighted by molar-refractivity contribution is 9.10. The molecule has 0 aromatic heterocycles. The van der Waals surface area contributed by atoms with Gasteiger partial charge in [0.2, 0.25) is 0 Å². The van der Waals surface area contributed by atoms with E-state index in [-0.39, 0.29) is 10.0 Å². The highest BCUT2D eigenvalue weighted by Gasteiger charge is 2.19. The molecule has 0 heterocycles. The number of sulfone groups is 1. The van der Waals surface area contributed by atoms with Gasteiger partial charge in [0, 0.05) is 17.9 Å². The van der Waals surface area contributed by atoms with Gasteiger partial charge < -0.3 is 5.11 Å². The Kier molecular flexibility index (Phi) is 4.03. The third-order valence-electron chi connectivity index (χ3n) is 1.86. The molecular weight excluding hydrogens is 306 g/mol. The molecule has 0 aliphatic carbocycles. The number of aliphatic hydroxyl groups is 1. The minimum absolute atomic E-state index is 0.0311. The van der Waals surface area contributed by atoms with Gasteiger partial charge in [-0.05, 0) is 22.0 Å². The summed E-state index contributed by atoms with van der Waals surface area (Å²) in [7, 11) is -3.44. The Hall–Kier alpha value is -0.530. The summed E-state index contributed by atoms with van der Waals surface area (Å²) in [6.07, 6.45) is -0.584. The van der Waals surface area contributed by atoms with Crippen LogP contribution < -0.4 is 0 Å². The van der Waals surface area contributed by atoms with Crippen LogP contribution in [0.15, 0.2) is 16.6 Å². The number of hydrogen-bond acceptors (Lipinski definition) is 3. The smallest absolute Gasteiger partial charge is 0.150 e. The molecule has 0 aliphatic rings. The Bertz CT molecular complexity index is 502. The van der Waals surface area contributed by atoms with Crippen LogP contribution in [0.2, 0.25) is 0 Å². The van der Waals surface area contributed by atoms with Crippen molar-refractivity contribution in [2.75, 3.05) is 12.0 Å². The van der Waals surface area contributed by atoms with Crippen LogP contribution in [0.4, 0.5) is 8.78 Å². The number of hydrogen-bond donors (Lipinski definition) is 1. The molecule has 16 heavy (non-hydrogen) atoms. The highest BCUT2D eigenvalue weighted by Crippen LogP contribution is 2.25. The molecule has 1 aromatic carbocycles. The first-order chi connectivity index (χ1) is 7.20. The predicted molar refractivity (Wildman–Crippen MR) is 58.7 cm³/mol. The molecule has 0 saturated carbocycles. The van der Waals surface area contributed by atoms with E-state index in [4.69, 9.17) is 0 Å². The van der Waals surface area contributed by atoms with Crippen LogP contribution in [-0.2, 0) is 9.84 Å². The van der Waals surface area contributed by atoms with E-state index in [1.165, 1.54) is 0 Å². The maximum Gasteiger partial charge on any atom is 0.150 e. The van der Waals surface area contributed by atoms with E-state index in [0.717, 1.165) is 12.3 Å². The number of halogens is 3. The molecule has 0 bridgehead atoms. The zero-order valence-electron chi connectivity index (χ0n) is 8.25. The van der Waals surface area contributed by atoms with Crippen molar-refractivity contribution in [3.8, 4) is 0 Å². The maximum absolute atomic E-state index is 13.2. The van der Waals surface area contributed by atoms with Crippen molar-refractivity contribution in [1.82, 2.24) is 0 Å². The van der Waals surface area contributed by atoms with Crippen LogP contribution in [0.25, 0.3) is 0 Å². The van der Waals surface area contributed by atoms with E-state index >= 15 is 0 Å². The summed E-state index contributed by atoms with van der Waals surface area (Å²) in [5, 5.41) is 9.49. The molecule has 1 N–H and O–H groups in total. The Morgan fingerprint density at radius 3 is 2.44 bits per heavy atom. The molecule has 1 unspecified atom stereocenters. The first-order valence-electron chi connectivity index (χ1n) is 4.21. The van der Waals surface area contributed by atoms with Gasteiger partial charge in [0.1, 0.15) is 21.5 Å². The van der Waals surface area contributed by atoms with Gasteiger partial charge in [0.15, 0.2) is 0 Å². The van der Waals surface area contributed by atoms with E-state index in [0.29, 0.717) is 6.07 Å². The summed E-state index contributed by atoms with van der Waals surface area (Å²) in [6, 6.07) is 1.62. The second-order valence-electron chi connectivity index (χ2n) is 3.40. The number of benzene rings is 1. The summed E-state index contributed by atoms with van der Waals surface area (Å²) in [4.78, 5) is 0. The van der Waals surface area contributed by atoms with Crippen LogP contribution in [-0.4, -0.2) is 25.5 Å². The zero-order chi connectivity index (χ0) is 12.5. The molecule has 0 radical (unpaired) electrons. The Balaban J connectivity index is 3.09. The normalized spacial score (nSPS) is 13.8. The Morgan fingerprint density at radius 2 is 1.94 bits per heavy atom. The van der Waals surface area contributed by atoms with Gasteiger partial charge in [-0.25, -0.2) is 17.2 Å². The summed E-state index contributed by atoms with van der Waals surface area (Å²) in [5.41, 5.74) is -0.251. The molecule has 1 aromatic rings. The third-order valence-corrected chi connectivity index (χ3v) is 3.39. The van der Waals surface area contributed by atoms with E-state index in [1.54, 1.807) is 0 Å². The second-order valence-corrected chi connectivity index (χ2v) is 6.44. The minimum atomic E-state index is -3.44. The SMILES string of the molecule is CS(=O)(=O)CC(O)c1cc(Br)c(F)cc1F. The van der Waals surface area contributed by atoms with Crippen molar-refractivity contribution in [3.63, 3.8) is 0 Å². The van der Waals surface area contributed by atoms with Gasteiger partial charge in [-0.2, -0.15) is 0 Å². The van der Waals surface area contributed by atoms with Crippen LogP contribution in [0.1, 0.15) is 11.7 Å². The van der Waals surface area contributed by atoms with Crippen LogP contribution in [0.5, 0.6) is 0 Å². The Morgan fingerprint density at radius 1 is 1.38 bits per heavy atom. The zero-order valence-corrected chi connectivity index (χ0v) is 10.6. The van der Waals surface area contributed by atoms with Gasteiger partial charge >= 0.3 is 0 Å². The van der Waals surface area contributed by atoms with Crippen molar-refractivity contribution in [2.24, 2.45) is 0 Å². The second kappa shape index (κ2) is 4.77. The minimum Gasteiger partial charge on any atom is -0.387 e. The molecule has 0 fully saturated rings. The predicted octanol–water partition coefficient (Wildman–Crippen LogP) is 1.81. The van der Waals surface area contributed by atoms with E-state index < -0.39 is 33.3 Å². The van der Waals surface area contributed by atoms with Gasteiger partial charge in [0.25, 0.3) is 0 Å². The van der Waals surface area contributed by atoms with Gasteiger partial charge in [-0.15, -0.1) is 0 Å². The molecule has 1 atom stereocenters. The highest BCUT2D eigenvalue weighted by atomic mass is 79.9. The van der Waals surface area contributed by atoms with Crippen LogP contribution in [0, 0.1) is 11.6 Å². The molecule has 0 amide bonds. The molecule has 90 valence electrons. The topological polar surface area (TPSA) is 54.4 Å². The van der Waals surface area contributed by atoms with Crippen molar-refractivity contribution < 1.29 is 22.3 Å². The fourth-order valence-corrected chi connectivity index (χ4v) is 2.28. The quantitative estimate of drug-likeness (QED) is 0.866. The van der Waals surface area contributed by atoms with Crippen molar-refractivity contribution in [1.29, 1.82) is 0 Å². The van der Waals surface area contributed by atoms with E-state index in [9.17, 15) is 22.3 Å². The van der Waals surface area contributed by atoms with E-state index in [2.05, 4.69) is 15.9 Å². The first-order valence-corrected chi connectivity index (χ1v) is 7.06. The average molecular weight is 315 g/mol. The van der Waals surface area contributed by atoms with Crippen LogP contribution in [0.3, 0.4) is 0 Å². The molecule has 0 spiro atoms. The molecule has 1 rings (SSSR count). The maximum atomic E-state index is 13.2. The summed E-state index contributed by atoms with van der Waals surface area (Å²) < 4.78 is 47.9. The molecule has 0 aliphatic heterocycles. The van der Waals surface area contributed by atoms with Crippen molar-refractivity contribution in [3.05, 3.63) is 33.8 Å². The lowest BCUT2D eigenvalue weighted by molar-refractivity contribution is 0.196. The molecule has 7 heteroatoms. The monoisotopic (exact) mass is 314 g/mol. The number of rotatable bonds is 3. The number of aliphatic hydroxyl groups excluding tert-OH is 1. The van der Waals surface area contributed by atoms with Crippen molar-refractivity contribution >= 4 is 25.8 Å². The lowest BCUT2D eigenvalue weighted by Gasteiger charge is -2.11. The van der Waals surface area contributed by atoms with Gasteiger partial charge in [-0.1, -0.05) is 0 Å². The fourth-order valence-electron chi connectivity index (χ4n) is 1.17. The van der Waals surface area contributed by atoms with Crippen LogP contribution >= 0.6 is 15.9 Å². The fraction of sp³-hybridized carbons (Fsp3) is 0.333. The molecular formula is C9H9BrF2O3S. The molecule has 0 saturated heterocycles. The third kappa shape index (κ3) is 3.50. The lowest BCUT2D eigenvalue weighted by Crippen LogP contribution is -2.14. The summed E-state index contributed by atoms with van der Waals surface area (Å²) in [5.74, 6) is -2.40. The summed E-state index contributed by atoms with van der Waals surface area (Å²) in [6.45, 7) is 0. The largest absolute Gasteiger partial charge is 0.387 e.